The first-order valence-electron chi connectivity index (χ1n) is 13.3. The average molecular weight is 603 g/mol. The topological polar surface area (TPSA) is 317 Å². The predicted octanol–water partition coefficient (Wildman–Crippen LogP) is -3.23. The fraction of sp³-hybridized carbons (Fsp3) is 0.423. The number of carbonyl (C=O) groups excluding carboxylic acids is 5. The summed E-state index contributed by atoms with van der Waals surface area (Å²) in [5.74, 6) is -5.79. The van der Waals surface area contributed by atoms with Gasteiger partial charge in [0.25, 0.3) is 0 Å². The highest BCUT2D eigenvalue weighted by atomic mass is 16.4. The first kappa shape index (κ1) is 34.0. The predicted molar refractivity (Wildman–Crippen MR) is 156 cm³/mol. The van der Waals surface area contributed by atoms with Gasteiger partial charge < -0.3 is 54.7 Å². The third-order valence-electron chi connectivity index (χ3n) is 6.37. The van der Waals surface area contributed by atoms with Gasteiger partial charge in [0.15, 0.2) is 5.96 Å². The number of H-pyrrole nitrogens is 1. The number of carboxylic acid groups (broad SMARTS) is 1. The SMILES string of the molecule is NC(=O)CCC(N)C(=O)NC(CCCN=C(N)N)C(=O)NC(CC(N)=O)C(=O)NC(Cc1c[nH]c2ccccc12)C(=O)O. The molecule has 1 aromatic heterocycles. The van der Waals surface area contributed by atoms with Gasteiger partial charge in [-0.15, -0.1) is 0 Å². The number of guanidine groups is 1. The molecular weight excluding hydrogens is 564 g/mol. The second-order valence-electron chi connectivity index (χ2n) is 9.82. The number of benzene rings is 1. The Kier molecular flexibility index (Phi) is 12.9. The lowest BCUT2D eigenvalue weighted by Gasteiger charge is -2.24. The zero-order valence-electron chi connectivity index (χ0n) is 23.4. The Hall–Kier alpha value is -5.19. The number of aromatic amines is 1. The summed E-state index contributed by atoms with van der Waals surface area (Å²) in [6, 6.07) is 1.75. The molecule has 17 nitrogen and oxygen atoms in total. The van der Waals surface area contributed by atoms with Crippen molar-refractivity contribution >= 4 is 52.4 Å². The minimum absolute atomic E-state index is 0.0138. The summed E-state index contributed by atoms with van der Waals surface area (Å²) >= 11 is 0. The average Bonchev–Trinajstić information content (AvgIpc) is 3.34. The van der Waals surface area contributed by atoms with Gasteiger partial charge in [-0.05, 0) is 30.9 Å². The highest BCUT2D eigenvalue weighted by molar-refractivity contribution is 5.96. The number of nitrogens with two attached hydrogens (primary N) is 5. The van der Waals surface area contributed by atoms with Crippen LogP contribution in [0.1, 0.15) is 37.7 Å². The molecule has 0 spiro atoms. The fourth-order valence-electron chi connectivity index (χ4n) is 4.16. The summed E-state index contributed by atoms with van der Waals surface area (Å²) in [7, 11) is 0. The van der Waals surface area contributed by atoms with Crippen LogP contribution >= 0.6 is 0 Å². The Bertz CT molecular complexity index is 1350. The van der Waals surface area contributed by atoms with Crippen molar-refractivity contribution in [3.63, 3.8) is 0 Å². The molecule has 234 valence electrons. The maximum Gasteiger partial charge on any atom is 0.326 e. The molecule has 4 unspecified atom stereocenters. The molecule has 0 radical (unpaired) electrons. The molecule has 5 amide bonds. The molecule has 0 aliphatic carbocycles. The number of nitrogens with zero attached hydrogens (tertiary/aromatic N) is 1. The van der Waals surface area contributed by atoms with Crippen LogP contribution in [-0.4, -0.2) is 82.3 Å². The van der Waals surface area contributed by atoms with E-state index in [-0.39, 0.29) is 44.6 Å². The Labute approximate surface area is 246 Å². The zero-order valence-corrected chi connectivity index (χ0v) is 23.4. The second kappa shape index (κ2) is 16.3. The maximum atomic E-state index is 13.2. The number of aliphatic imine (C=N–C) groups is 1. The lowest BCUT2D eigenvalue weighted by Crippen LogP contribution is -2.58. The van der Waals surface area contributed by atoms with E-state index in [1.807, 2.05) is 12.1 Å². The van der Waals surface area contributed by atoms with E-state index in [9.17, 15) is 33.9 Å². The molecule has 43 heavy (non-hydrogen) atoms. The number of hydrogen-bond donors (Lipinski definition) is 10. The Morgan fingerprint density at radius 1 is 0.837 bits per heavy atom. The molecule has 0 bridgehead atoms. The summed E-state index contributed by atoms with van der Waals surface area (Å²) in [6.45, 7) is 0.106. The van der Waals surface area contributed by atoms with Crippen LogP contribution in [0.2, 0.25) is 0 Å². The summed E-state index contributed by atoms with van der Waals surface area (Å²) in [4.78, 5) is 80.7. The van der Waals surface area contributed by atoms with Crippen molar-refractivity contribution in [2.24, 2.45) is 33.7 Å². The number of primary amides is 2. The summed E-state index contributed by atoms with van der Waals surface area (Å²) < 4.78 is 0. The number of rotatable bonds is 18. The van der Waals surface area contributed by atoms with Crippen molar-refractivity contribution in [1.82, 2.24) is 20.9 Å². The number of para-hydroxylation sites is 1. The van der Waals surface area contributed by atoms with Gasteiger partial charge in [0.1, 0.15) is 18.1 Å². The van der Waals surface area contributed by atoms with Crippen molar-refractivity contribution < 1.29 is 33.9 Å². The Morgan fingerprint density at radius 2 is 1.47 bits per heavy atom. The molecule has 4 atom stereocenters. The molecule has 0 aliphatic rings. The third kappa shape index (κ3) is 11.3. The number of carbonyl (C=O) groups is 6. The van der Waals surface area contributed by atoms with Gasteiger partial charge >= 0.3 is 5.97 Å². The summed E-state index contributed by atoms with van der Waals surface area (Å²) in [5, 5.41) is 17.7. The molecule has 0 saturated heterocycles. The van der Waals surface area contributed by atoms with Crippen LogP contribution in [0, 0.1) is 0 Å². The van der Waals surface area contributed by atoms with Crippen molar-refractivity contribution in [1.29, 1.82) is 0 Å². The number of hydrogen-bond acceptors (Lipinski definition) is 8. The van der Waals surface area contributed by atoms with Crippen molar-refractivity contribution in [2.45, 2.75) is 62.7 Å². The van der Waals surface area contributed by atoms with Crippen LogP contribution in [0.4, 0.5) is 0 Å². The number of carboxylic acids is 1. The van der Waals surface area contributed by atoms with E-state index >= 15 is 0 Å². The monoisotopic (exact) mass is 602 g/mol. The number of nitrogens with one attached hydrogen (secondary N) is 4. The molecule has 0 fully saturated rings. The normalized spacial score (nSPS) is 13.6. The van der Waals surface area contributed by atoms with E-state index in [0.717, 1.165) is 10.9 Å². The first-order valence-corrected chi connectivity index (χ1v) is 13.3. The van der Waals surface area contributed by atoms with Crippen molar-refractivity contribution in [2.75, 3.05) is 6.54 Å². The van der Waals surface area contributed by atoms with Gasteiger partial charge in [-0.2, -0.15) is 0 Å². The number of aromatic nitrogens is 1. The molecule has 0 aliphatic heterocycles. The highest BCUT2D eigenvalue weighted by Crippen LogP contribution is 2.19. The lowest BCUT2D eigenvalue weighted by molar-refractivity contribution is -0.142. The minimum Gasteiger partial charge on any atom is -0.480 e. The second-order valence-corrected chi connectivity index (χ2v) is 9.82. The van der Waals surface area contributed by atoms with E-state index in [4.69, 9.17) is 28.7 Å². The smallest absolute Gasteiger partial charge is 0.326 e. The largest absolute Gasteiger partial charge is 0.480 e. The van der Waals surface area contributed by atoms with Crippen molar-refractivity contribution in [3.8, 4) is 0 Å². The molecular formula is C26H38N10O7. The Morgan fingerprint density at radius 3 is 2.09 bits per heavy atom. The zero-order chi connectivity index (χ0) is 32.1. The number of fused-ring (bicyclic) bond motifs is 1. The van der Waals surface area contributed by atoms with Crippen LogP contribution in [-0.2, 0) is 35.2 Å². The number of aliphatic carboxylic acids is 1. The van der Waals surface area contributed by atoms with Gasteiger partial charge in [-0.25, -0.2) is 4.79 Å². The lowest BCUT2D eigenvalue weighted by atomic mass is 10.0. The number of amides is 5. The molecule has 0 saturated carbocycles. The van der Waals surface area contributed by atoms with Crippen LogP contribution in [0.15, 0.2) is 35.5 Å². The highest BCUT2D eigenvalue weighted by Gasteiger charge is 2.31. The van der Waals surface area contributed by atoms with E-state index < -0.39 is 66.1 Å². The van der Waals surface area contributed by atoms with E-state index in [1.165, 1.54) is 0 Å². The van der Waals surface area contributed by atoms with Crippen LogP contribution in [0.25, 0.3) is 10.9 Å². The maximum absolute atomic E-state index is 13.2. The van der Waals surface area contributed by atoms with Gasteiger partial charge in [0.2, 0.25) is 29.5 Å². The molecule has 1 heterocycles. The fourth-order valence-corrected chi connectivity index (χ4v) is 4.16. The Balaban J connectivity index is 2.19. The van der Waals surface area contributed by atoms with Gasteiger partial charge in [0.05, 0.1) is 12.5 Å². The standard InChI is InChI=1S/C26H38N10O7/c27-15(7-8-20(28)37)22(39)34-17(6-3-9-32-26(30)31)23(40)35-18(11-21(29)38)24(41)36-19(25(42)43)10-13-12-33-16-5-2-1-4-14(13)16/h1-2,4-5,12,15,17-19,33H,3,6-11,27H2,(H2,28,37)(H2,29,38)(H,34,39)(H,35,40)(H,36,41)(H,42,43)(H4,30,31,32). The third-order valence-corrected chi connectivity index (χ3v) is 6.37. The van der Waals surface area contributed by atoms with Gasteiger partial charge in [0, 0.05) is 36.5 Å². The van der Waals surface area contributed by atoms with Crippen LogP contribution in [0.3, 0.4) is 0 Å². The molecule has 17 heteroatoms. The summed E-state index contributed by atoms with van der Waals surface area (Å²) in [6.07, 6.45) is 0.812. The quantitative estimate of drug-likeness (QED) is 0.0462. The molecule has 15 N–H and O–H groups in total. The van der Waals surface area contributed by atoms with E-state index in [2.05, 4.69) is 25.9 Å². The van der Waals surface area contributed by atoms with Crippen molar-refractivity contribution in [3.05, 3.63) is 36.0 Å². The minimum atomic E-state index is -1.57. The summed E-state index contributed by atoms with van der Waals surface area (Å²) in [5.41, 5.74) is 28.2. The molecule has 2 rings (SSSR count). The van der Waals surface area contributed by atoms with E-state index in [0.29, 0.717) is 5.56 Å². The van der Waals surface area contributed by atoms with Gasteiger partial charge in [-0.3, -0.25) is 29.0 Å². The first-order chi connectivity index (χ1) is 20.3. The molecule has 1 aromatic carbocycles. The van der Waals surface area contributed by atoms with Crippen LogP contribution < -0.4 is 44.6 Å². The van der Waals surface area contributed by atoms with E-state index in [1.54, 1.807) is 18.3 Å². The molecule has 2 aromatic rings. The van der Waals surface area contributed by atoms with Gasteiger partial charge in [-0.1, -0.05) is 18.2 Å². The van der Waals surface area contributed by atoms with Crippen LogP contribution in [0.5, 0.6) is 0 Å².